The highest BCUT2D eigenvalue weighted by Gasteiger charge is 2.26. The number of hydrogen-bond acceptors (Lipinski definition) is 6. The first-order valence-corrected chi connectivity index (χ1v) is 7.30. The molecule has 3 rings (SSSR count). The number of aromatic nitrogens is 3. The third kappa shape index (κ3) is 2.83. The van der Waals surface area contributed by atoms with E-state index in [2.05, 4.69) is 38.0 Å². The van der Waals surface area contributed by atoms with Crippen molar-refractivity contribution in [3.63, 3.8) is 0 Å². The molecule has 2 aromatic heterocycles. The Morgan fingerprint density at radius 3 is 2.95 bits per heavy atom. The van der Waals surface area contributed by atoms with E-state index < -0.39 is 0 Å². The van der Waals surface area contributed by atoms with Gasteiger partial charge in [0, 0.05) is 18.1 Å². The van der Waals surface area contributed by atoms with Crippen LogP contribution in [0.3, 0.4) is 0 Å². The average Bonchev–Trinajstić information content (AvgIpc) is 2.87. The lowest BCUT2D eigenvalue weighted by Crippen LogP contribution is -2.21. The lowest BCUT2D eigenvalue weighted by Gasteiger charge is -2.24. The first-order chi connectivity index (χ1) is 9.61. The van der Waals surface area contributed by atoms with Gasteiger partial charge in [-0.3, -0.25) is 0 Å². The fourth-order valence-electron chi connectivity index (χ4n) is 2.39. The van der Waals surface area contributed by atoms with E-state index in [1.54, 1.807) is 6.07 Å². The summed E-state index contributed by atoms with van der Waals surface area (Å²) >= 11 is 3.31. The summed E-state index contributed by atoms with van der Waals surface area (Å²) in [4.78, 5) is 8.54. The number of nitrogen functional groups attached to an aromatic ring is 1. The highest BCUT2D eigenvalue weighted by molar-refractivity contribution is 9.10. The first kappa shape index (κ1) is 13.5. The third-order valence-electron chi connectivity index (χ3n) is 3.35. The van der Waals surface area contributed by atoms with Gasteiger partial charge in [-0.25, -0.2) is 4.98 Å². The van der Waals surface area contributed by atoms with Gasteiger partial charge in [0.25, 0.3) is 0 Å². The third-order valence-corrected chi connectivity index (χ3v) is 3.75. The summed E-state index contributed by atoms with van der Waals surface area (Å²) in [6, 6.07) is 3.55. The quantitative estimate of drug-likeness (QED) is 0.847. The fraction of sp³-hybridized carbons (Fsp3) is 0.462. The van der Waals surface area contributed by atoms with Crippen molar-refractivity contribution in [1.29, 1.82) is 0 Å². The lowest BCUT2D eigenvalue weighted by atomic mass is 9.96. The highest BCUT2D eigenvalue weighted by Crippen LogP contribution is 2.30. The Hall–Kier alpha value is -1.47. The zero-order chi connectivity index (χ0) is 14.1. The first-order valence-electron chi connectivity index (χ1n) is 6.50. The molecule has 2 atom stereocenters. The van der Waals surface area contributed by atoms with E-state index in [0.717, 1.165) is 25.0 Å². The molecular formula is C13H15BrN4O2. The van der Waals surface area contributed by atoms with Crippen molar-refractivity contribution in [2.45, 2.75) is 31.8 Å². The molecule has 2 N–H and O–H groups in total. The molecule has 0 radical (unpaired) electrons. The normalized spacial score (nSPS) is 22.9. The topological polar surface area (TPSA) is 87.1 Å². The SMILES string of the molecule is CC1CC(c2nc(-c3cc(N)nc(Br)c3)no2)CCO1. The summed E-state index contributed by atoms with van der Waals surface area (Å²) in [6.07, 6.45) is 2.05. The molecule has 1 fully saturated rings. The number of halogens is 1. The van der Waals surface area contributed by atoms with E-state index in [1.165, 1.54) is 0 Å². The van der Waals surface area contributed by atoms with Gasteiger partial charge in [-0.1, -0.05) is 5.16 Å². The number of hydrogen-bond donors (Lipinski definition) is 1. The zero-order valence-corrected chi connectivity index (χ0v) is 12.6. The Labute approximate surface area is 124 Å². The van der Waals surface area contributed by atoms with Gasteiger partial charge < -0.3 is 15.0 Å². The molecule has 1 aliphatic rings. The van der Waals surface area contributed by atoms with Crippen LogP contribution in [0.2, 0.25) is 0 Å². The number of pyridine rings is 1. The largest absolute Gasteiger partial charge is 0.384 e. The average molecular weight is 339 g/mol. The van der Waals surface area contributed by atoms with Crippen LogP contribution in [0.5, 0.6) is 0 Å². The molecule has 106 valence electrons. The monoisotopic (exact) mass is 338 g/mol. The van der Waals surface area contributed by atoms with E-state index >= 15 is 0 Å². The number of ether oxygens (including phenoxy) is 1. The van der Waals surface area contributed by atoms with Gasteiger partial charge in [0.1, 0.15) is 10.4 Å². The Balaban J connectivity index is 1.86. The molecule has 2 aromatic rings. The van der Waals surface area contributed by atoms with Gasteiger partial charge in [0.15, 0.2) is 0 Å². The van der Waals surface area contributed by atoms with Crippen LogP contribution in [0.25, 0.3) is 11.4 Å². The summed E-state index contributed by atoms with van der Waals surface area (Å²) in [6.45, 7) is 2.79. The van der Waals surface area contributed by atoms with Crippen LogP contribution in [0, 0.1) is 0 Å². The van der Waals surface area contributed by atoms with Gasteiger partial charge in [0.2, 0.25) is 11.7 Å². The summed E-state index contributed by atoms with van der Waals surface area (Å²) in [5, 5.41) is 4.04. The van der Waals surface area contributed by atoms with Crippen molar-refractivity contribution in [2.75, 3.05) is 12.3 Å². The van der Waals surface area contributed by atoms with Crippen molar-refractivity contribution in [1.82, 2.24) is 15.1 Å². The molecule has 0 spiro atoms. The summed E-state index contributed by atoms with van der Waals surface area (Å²) in [5.74, 6) is 1.89. The highest BCUT2D eigenvalue weighted by atomic mass is 79.9. The van der Waals surface area contributed by atoms with Gasteiger partial charge >= 0.3 is 0 Å². The predicted molar refractivity (Wildman–Crippen MR) is 77.0 cm³/mol. The van der Waals surface area contributed by atoms with E-state index in [0.29, 0.717) is 22.1 Å². The minimum absolute atomic E-state index is 0.231. The smallest absolute Gasteiger partial charge is 0.230 e. The van der Waals surface area contributed by atoms with Crippen molar-refractivity contribution < 1.29 is 9.26 Å². The van der Waals surface area contributed by atoms with Crippen molar-refractivity contribution in [2.24, 2.45) is 0 Å². The van der Waals surface area contributed by atoms with Crippen LogP contribution < -0.4 is 5.73 Å². The molecule has 20 heavy (non-hydrogen) atoms. The van der Waals surface area contributed by atoms with Crippen LogP contribution in [0.4, 0.5) is 5.82 Å². The molecule has 0 aliphatic carbocycles. The maximum atomic E-state index is 5.72. The van der Waals surface area contributed by atoms with Gasteiger partial charge in [-0.15, -0.1) is 0 Å². The van der Waals surface area contributed by atoms with E-state index in [9.17, 15) is 0 Å². The predicted octanol–water partition coefficient (Wildman–Crippen LogP) is 2.76. The minimum atomic E-state index is 0.231. The van der Waals surface area contributed by atoms with Crippen LogP contribution in [-0.4, -0.2) is 27.8 Å². The Bertz CT molecular complexity index is 596. The number of nitrogens with two attached hydrogens (primary N) is 1. The molecule has 7 heteroatoms. The second-order valence-electron chi connectivity index (χ2n) is 4.96. The number of nitrogens with zero attached hydrogens (tertiary/aromatic N) is 3. The fourth-order valence-corrected chi connectivity index (χ4v) is 2.84. The second kappa shape index (κ2) is 5.49. The molecular weight excluding hydrogens is 324 g/mol. The Morgan fingerprint density at radius 2 is 2.20 bits per heavy atom. The molecule has 1 aliphatic heterocycles. The van der Waals surface area contributed by atoms with Crippen LogP contribution in [0.1, 0.15) is 31.6 Å². The zero-order valence-electron chi connectivity index (χ0n) is 11.0. The molecule has 0 saturated carbocycles. The Morgan fingerprint density at radius 1 is 1.35 bits per heavy atom. The Kier molecular flexibility index (Phi) is 3.71. The summed E-state index contributed by atoms with van der Waals surface area (Å²) < 4.78 is 11.6. The van der Waals surface area contributed by atoms with Crippen molar-refractivity contribution >= 4 is 21.7 Å². The standard InChI is InChI=1S/C13H15BrN4O2/c1-7-4-8(2-3-19-7)13-17-12(18-20-13)9-5-10(14)16-11(15)6-9/h5-8H,2-4H2,1H3,(H2,15,16). The number of rotatable bonds is 2. The molecule has 3 heterocycles. The molecule has 6 nitrogen and oxygen atoms in total. The summed E-state index contributed by atoms with van der Waals surface area (Å²) in [5.41, 5.74) is 6.51. The van der Waals surface area contributed by atoms with Crippen LogP contribution in [0.15, 0.2) is 21.3 Å². The maximum Gasteiger partial charge on any atom is 0.230 e. The summed E-state index contributed by atoms with van der Waals surface area (Å²) in [7, 11) is 0. The van der Waals surface area contributed by atoms with E-state index in [-0.39, 0.29) is 12.0 Å². The van der Waals surface area contributed by atoms with Gasteiger partial charge in [-0.2, -0.15) is 4.98 Å². The number of anilines is 1. The molecule has 0 bridgehead atoms. The lowest BCUT2D eigenvalue weighted by molar-refractivity contribution is 0.0134. The van der Waals surface area contributed by atoms with E-state index in [4.69, 9.17) is 15.0 Å². The van der Waals surface area contributed by atoms with Crippen molar-refractivity contribution in [3.05, 3.63) is 22.6 Å². The van der Waals surface area contributed by atoms with Crippen molar-refractivity contribution in [3.8, 4) is 11.4 Å². The second-order valence-corrected chi connectivity index (χ2v) is 5.77. The van der Waals surface area contributed by atoms with Gasteiger partial charge in [0.05, 0.1) is 6.10 Å². The van der Waals surface area contributed by atoms with Crippen LogP contribution in [-0.2, 0) is 4.74 Å². The minimum Gasteiger partial charge on any atom is -0.384 e. The van der Waals surface area contributed by atoms with Crippen LogP contribution >= 0.6 is 15.9 Å². The van der Waals surface area contributed by atoms with Gasteiger partial charge in [-0.05, 0) is 47.8 Å². The molecule has 2 unspecified atom stereocenters. The van der Waals surface area contributed by atoms with E-state index in [1.807, 2.05) is 6.07 Å². The maximum absolute atomic E-state index is 5.72. The molecule has 0 amide bonds. The molecule has 0 aromatic carbocycles. The molecule has 1 saturated heterocycles.